The van der Waals surface area contributed by atoms with Crippen molar-refractivity contribution in [2.45, 2.75) is 99.3 Å². The van der Waals surface area contributed by atoms with Gasteiger partial charge < -0.3 is 30.9 Å². The van der Waals surface area contributed by atoms with Gasteiger partial charge in [-0.1, -0.05) is 89.2 Å². The van der Waals surface area contributed by atoms with Gasteiger partial charge in [0.15, 0.2) is 0 Å². The number of nitrogens with one attached hydrogen (secondary N) is 3. The van der Waals surface area contributed by atoms with Crippen molar-refractivity contribution in [1.29, 1.82) is 0 Å². The molecule has 50 heavy (non-hydrogen) atoms. The van der Waals surface area contributed by atoms with Crippen LogP contribution < -0.4 is 20.7 Å². The second-order valence-electron chi connectivity index (χ2n) is 14.7. The summed E-state index contributed by atoms with van der Waals surface area (Å²) in [6.07, 6.45) is 10.0. The van der Waals surface area contributed by atoms with E-state index in [9.17, 15) is 29.4 Å². The van der Waals surface area contributed by atoms with E-state index in [1.807, 2.05) is 76.2 Å². The highest BCUT2D eigenvalue weighted by Gasteiger charge is 2.34. The molecule has 10 nitrogen and oxygen atoms in total. The number of benzene rings is 2. The van der Waals surface area contributed by atoms with E-state index in [1.165, 1.54) is 6.08 Å². The molecule has 274 valence electrons. The molecule has 2 aromatic rings. The molecule has 0 spiro atoms. The fourth-order valence-electron chi connectivity index (χ4n) is 5.23. The fourth-order valence-corrected chi connectivity index (χ4v) is 5.23. The van der Waals surface area contributed by atoms with Gasteiger partial charge in [0.25, 0.3) is 0 Å². The van der Waals surface area contributed by atoms with Crippen molar-refractivity contribution in [2.24, 2.45) is 16.7 Å². The third kappa shape index (κ3) is 14.6. The van der Waals surface area contributed by atoms with Gasteiger partial charge in [-0.2, -0.15) is 0 Å². The average molecular weight is 692 g/mol. The van der Waals surface area contributed by atoms with Crippen molar-refractivity contribution in [3.63, 3.8) is 0 Å². The number of aliphatic hydroxyl groups is 1. The lowest BCUT2D eigenvalue weighted by molar-refractivity contribution is -0.144. The molecule has 0 saturated carbocycles. The van der Waals surface area contributed by atoms with E-state index in [1.54, 1.807) is 27.0 Å². The Morgan fingerprint density at radius 2 is 1.60 bits per heavy atom. The topological polar surface area (TPSA) is 154 Å². The summed E-state index contributed by atoms with van der Waals surface area (Å²) in [5, 5.41) is 27.2. The number of aliphatic hydroxyl groups excluding tert-OH is 1. The summed E-state index contributed by atoms with van der Waals surface area (Å²) in [5.74, 6) is -1.48. The number of carboxylic acids is 1. The van der Waals surface area contributed by atoms with E-state index in [2.05, 4.69) is 29.0 Å². The molecule has 2 aromatic carbocycles. The number of aryl methyl sites for hydroxylation is 1. The number of allylic oxidation sites excluding steroid dienone is 2. The van der Waals surface area contributed by atoms with Crippen LogP contribution in [0.5, 0.6) is 5.75 Å². The van der Waals surface area contributed by atoms with E-state index in [4.69, 9.17) is 4.74 Å². The molecule has 3 atom stereocenters. The van der Waals surface area contributed by atoms with Crippen molar-refractivity contribution >= 4 is 29.8 Å². The van der Waals surface area contributed by atoms with Crippen LogP contribution in [0.2, 0.25) is 0 Å². The third-order valence-electron chi connectivity index (χ3n) is 8.38. The molecular weight excluding hydrogens is 634 g/mol. The molecule has 2 rings (SSSR count). The van der Waals surface area contributed by atoms with Crippen LogP contribution in [0.15, 0.2) is 60.7 Å². The molecule has 0 aliphatic heterocycles. The summed E-state index contributed by atoms with van der Waals surface area (Å²) >= 11 is 0. The van der Waals surface area contributed by atoms with Gasteiger partial charge in [0.1, 0.15) is 17.8 Å². The van der Waals surface area contributed by atoms with Crippen molar-refractivity contribution in [3.05, 3.63) is 82.9 Å². The average Bonchev–Trinajstić information content (AvgIpc) is 3.06. The standard InChI is InChI=1S/C40H57N3O7/c1-9-31-22-30(20-21-34(31)50-8)23-32(36(46)41-26-40(6,7)38(49)43-33(37(47)48)24-39(3,4)5)42-35(45)13-11-10-12-27(2)14-15-28-16-18-29(25-44)19-17-28/h11,13-22,27,32-33,44H,9-10,12,23-26H2,1-8H3,(H,41,46)(H,42,45)(H,43,49)(H,47,48)/b13-11+,15-14+/t27?,32-,33?/m1/s1. The van der Waals surface area contributed by atoms with Crippen molar-refractivity contribution in [1.82, 2.24) is 16.0 Å². The summed E-state index contributed by atoms with van der Waals surface area (Å²) < 4.78 is 5.45. The Morgan fingerprint density at radius 3 is 2.18 bits per heavy atom. The van der Waals surface area contributed by atoms with E-state index in [-0.39, 0.29) is 37.3 Å². The Bertz CT molecular complexity index is 1490. The largest absolute Gasteiger partial charge is 0.496 e. The molecule has 0 heterocycles. The number of hydrogen-bond acceptors (Lipinski definition) is 6. The molecule has 3 amide bonds. The summed E-state index contributed by atoms with van der Waals surface area (Å²) in [5.41, 5.74) is 2.27. The van der Waals surface area contributed by atoms with Gasteiger partial charge in [0.05, 0.1) is 19.1 Å². The highest BCUT2D eigenvalue weighted by molar-refractivity contribution is 5.93. The highest BCUT2D eigenvalue weighted by Crippen LogP contribution is 2.23. The minimum absolute atomic E-state index is 0.0123. The molecule has 2 unspecified atom stereocenters. The van der Waals surface area contributed by atoms with Crippen LogP contribution >= 0.6 is 0 Å². The van der Waals surface area contributed by atoms with Gasteiger partial charge >= 0.3 is 5.97 Å². The number of carboxylic acid groups (broad SMARTS) is 1. The van der Waals surface area contributed by atoms with Crippen LogP contribution in [0.3, 0.4) is 0 Å². The van der Waals surface area contributed by atoms with Crippen LogP contribution in [0.1, 0.15) is 90.0 Å². The molecule has 0 bridgehead atoms. The zero-order valence-corrected chi connectivity index (χ0v) is 31.0. The molecule has 0 saturated heterocycles. The highest BCUT2D eigenvalue weighted by atomic mass is 16.5. The molecule has 0 fully saturated rings. The van der Waals surface area contributed by atoms with Crippen LogP contribution in [0.25, 0.3) is 6.08 Å². The Labute approximate surface area is 297 Å². The molecule has 0 aliphatic carbocycles. The first-order valence-electron chi connectivity index (χ1n) is 17.3. The lowest BCUT2D eigenvalue weighted by Crippen LogP contribution is -2.54. The quantitative estimate of drug-likeness (QED) is 0.120. The Kier molecular flexibility index (Phi) is 16.4. The molecule has 0 radical (unpaired) electrons. The van der Waals surface area contributed by atoms with Crippen LogP contribution in [0, 0.1) is 16.7 Å². The number of rotatable bonds is 19. The third-order valence-corrected chi connectivity index (χ3v) is 8.38. The first kappa shape index (κ1) is 41.7. The molecule has 0 aromatic heterocycles. The summed E-state index contributed by atoms with van der Waals surface area (Å²) in [4.78, 5) is 51.6. The molecule has 5 N–H and O–H groups in total. The maximum Gasteiger partial charge on any atom is 0.326 e. The Morgan fingerprint density at radius 1 is 0.940 bits per heavy atom. The summed E-state index contributed by atoms with van der Waals surface area (Å²) in [6, 6.07) is 11.3. The van der Waals surface area contributed by atoms with Crippen molar-refractivity contribution in [2.75, 3.05) is 13.7 Å². The number of carbonyl (C=O) groups excluding carboxylic acids is 3. The second-order valence-corrected chi connectivity index (χ2v) is 14.7. The van der Waals surface area contributed by atoms with E-state index in [0.29, 0.717) is 6.42 Å². The number of ether oxygens (including phenoxy) is 1. The predicted octanol–water partition coefficient (Wildman–Crippen LogP) is 5.61. The summed E-state index contributed by atoms with van der Waals surface area (Å²) in [7, 11) is 1.60. The van der Waals surface area contributed by atoms with Crippen LogP contribution in [-0.2, 0) is 38.6 Å². The van der Waals surface area contributed by atoms with E-state index < -0.39 is 41.2 Å². The Hall–Kier alpha value is -4.44. The SMILES string of the molecule is CCc1cc(C[C@@H](NC(=O)/C=C/CCC(C)/C=C/c2ccc(CO)cc2)C(=O)NCC(C)(C)C(=O)NC(CC(C)(C)C)C(=O)O)ccc1OC. The van der Waals surface area contributed by atoms with Gasteiger partial charge in [-0.15, -0.1) is 0 Å². The van der Waals surface area contributed by atoms with E-state index in [0.717, 1.165) is 40.8 Å². The lowest BCUT2D eigenvalue weighted by Gasteiger charge is -2.29. The first-order chi connectivity index (χ1) is 23.5. The number of aliphatic carboxylic acids is 1. The van der Waals surface area contributed by atoms with Gasteiger partial charge in [0.2, 0.25) is 17.7 Å². The fraction of sp³-hybridized carbons (Fsp3) is 0.500. The Balaban J connectivity index is 2.10. The minimum Gasteiger partial charge on any atom is -0.496 e. The minimum atomic E-state index is -1.13. The predicted molar refractivity (Wildman–Crippen MR) is 197 cm³/mol. The van der Waals surface area contributed by atoms with Crippen LogP contribution in [0.4, 0.5) is 0 Å². The monoisotopic (exact) mass is 691 g/mol. The van der Waals surface area contributed by atoms with Gasteiger partial charge in [-0.3, -0.25) is 14.4 Å². The van der Waals surface area contributed by atoms with Gasteiger partial charge in [-0.25, -0.2) is 4.79 Å². The molecule has 0 aliphatic rings. The van der Waals surface area contributed by atoms with Gasteiger partial charge in [0, 0.05) is 13.0 Å². The zero-order chi connectivity index (χ0) is 37.5. The first-order valence-corrected chi connectivity index (χ1v) is 17.3. The summed E-state index contributed by atoms with van der Waals surface area (Å²) in [6.45, 7) is 13.0. The zero-order valence-electron chi connectivity index (χ0n) is 31.0. The number of carbonyl (C=O) groups is 4. The van der Waals surface area contributed by atoms with Crippen molar-refractivity contribution < 1.29 is 34.1 Å². The lowest BCUT2D eigenvalue weighted by atomic mass is 9.86. The second kappa shape index (κ2) is 19.7. The van der Waals surface area contributed by atoms with Gasteiger partial charge in [-0.05, 0) is 85.3 Å². The number of amides is 3. The smallest absolute Gasteiger partial charge is 0.326 e. The molecule has 10 heteroatoms. The normalized spacial score (nSPS) is 13.9. The van der Waals surface area contributed by atoms with Crippen LogP contribution in [-0.4, -0.2) is 59.6 Å². The van der Waals surface area contributed by atoms with E-state index >= 15 is 0 Å². The number of methoxy groups -OCH3 is 1. The maximum atomic E-state index is 13.6. The molecular formula is C40H57N3O7. The number of hydrogen-bond donors (Lipinski definition) is 5. The van der Waals surface area contributed by atoms with Crippen molar-refractivity contribution in [3.8, 4) is 5.75 Å². The maximum absolute atomic E-state index is 13.6.